The Morgan fingerprint density at radius 3 is 2.24 bits per heavy atom. The number of hydrogen-bond acceptors (Lipinski definition) is 6. The van der Waals surface area contributed by atoms with Crippen molar-refractivity contribution in [3.63, 3.8) is 0 Å². The fourth-order valence-electron chi connectivity index (χ4n) is 3.19. The van der Waals surface area contributed by atoms with Crippen LogP contribution < -0.4 is 10.6 Å². The van der Waals surface area contributed by atoms with Crippen molar-refractivity contribution in [2.75, 3.05) is 0 Å². The first-order chi connectivity index (χ1) is 16.2. The van der Waals surface area contributed by atoms with Gasteiger partial charge in [-0.05, 0) is 65.6 Å². The molecule has 0 saturated carbocycles. The Morgan fingerprint density at radius 2 is 1.56 bits per heavy atom. The van der Waals surface area contributed by atoms with Crippen molar-refractivity contribution >= 4 is 17.9 Å². The van der Waals surface area contributed by atoms with Gasteiger partial charge in [0.1, 0.15) is 17.5 Å². The number of phenols is 4. The maximum atomic E-state index is 12.9. The molecule has 0 aromatic heterocycles. The van der Waals surface area contributed by atoms with Gasteiger partial charge in [-0.15, -0.1) is 0 Å². The van der Waals surface area contributed by atoms with E-state index in [1.54, 1.807) is 37.3 Å². The average Bonchev–Trinajstić information content (AvgIpc) is 2.81. The molecule has 6 N–H and O–H groups in total. The number of hydrogen-bond donors (Lipinski definition) is 6. The lowest BCUT2D eigenvalue weighted by Crippen LogP contribution is -2.47. The van der Waals surface area contributed by atoms with Crippen molar-refractivity contribution in [3.05, 3.63) is 89.0 Å². The second-order valence-electron chi connectivity index (χ2n) is 7.85. The minimum absolute atomic E-state index is 0.0908. The molecule has 8 nitrogen and oxygen atoms in total. The van der Waals surface area contributed by atoms with Crippen LogP contribution in [0.5, 0.6) is 23.0 Å². The number of rotatable bonds is 8. The molecule has 0 spiro atoms. The van der Waals surface area contributed by atoms with Gasteiger partial charge >= 0.3 is 0 Å². The third kappa shape index (κ3) is 6.77. The number of aromatic hydroxyl groups is 4. The molecule has 0 fully saturated rings. The number of benzene rings is 3. The molecule has 0 aliphatic rings. The predicted molar refractivity (Wildman–Crippen MR) is 127 cm³/mol. The Labute approximate surface area is 196 Å². The SMILES string of the molecule is Cc1ccc(CNC(=O)[C@H](Cc2ccc(O)cc2)NC(=O)/C=C/c2ccc(O)c(O)c2)cc1O. The van der Waals surface area contributed by atoms with Gasteiger partial charge in [0.25, 0.3) is 0 Å². The van der Waals surface area contributed by atoms with E-state index in [4.69, 9.17) is 0 Å². The minimum Gasteiger partial charge on any atom is -0.508 e. The van der Waals surface area contributed by atoms with Crippen LogP contribution in [0.4, 0.5) is 0 Å². The van der Waals surface area contributed by atoms with Crippen molar-refractivity contribution in [3.8, 4) is 23.0 Å². The standard InChI is InChI=1S/C26H26N2O6/c1-16-2-3-19(14-23(16)31)15-27-26(34)21(12-17-4-8-20(29)9-5-17)28-25(33)11-7-18-6-10-22(30)24(32)13-18/h2-11,13-14,21,29-32H,12,15H2,1H3,(H,27,34)(H,28,33)/b11-7+/t21-/m0/s1. The van der Waals surface area contributed by atoms with E-state index >= 15 is 0 Å². The number of carbonyl (C=O) groups is 2. The number of aryl methyl sites for hydroxylation is 1. The van der Waals surface area contributed by atoms with Gasteiger partial charge in [0.05, 0.1) is 0 Å². The van der Waals surface area contributed by atoms with Crippen LogP contribution in [0.25, 0.3) is 6.08 Å². The smallest absolute Gasteiger partial charge is 0.244 e. The molecule has 2 amide bonds. The maximum Gasteiger partial charge on any atom is 0.244 e. The van der Waals surface area contributed by atoms with E-state index < -0.39 is 17.9 Å². The molecule has 176 valence electrons. The predicted octanol–water partition coefficient (Wildman–Crippen LogP) is 2.87. The summed E-state index contributed by atoms with van der Waals surface area (Å²) in [6.45, 7) is 1.94. The van der Waals surface area contributed by atoms with Gasteiger partial charge in [0.2, 0.25) is 11.8 Å². The summed E-state index contributed by atoms with van der Waals surface area (Å²) in [7, 11) is 0. The number of amides is 2. The van der Waals surface area contributed by atoms with Gasteiger partial charge in [-0.1, -0.05) is 30.3 Å². The third-order valence-electron chi connectivity index (χ3n) is 5.18. The molecule has 0 aliphatic heterocycles. The van der Waals surface area contributed by atoms with Crippen LogP contribution in [-0.2, 0) is 22.6 Å². The largest absolute Gasteiger partial charge is 0.508 e. The highest BCUT2D eigenvalue weighted by Crippen LogP contribution is 2.25. The summed E-state index contributed by atoms with van der Waals surface area (Å²) in [6, 6.07) is 14.6. The highest BCUT2D eigenvalue weighted by atomic mass is 16.3. The molecule has 0 saturated heterocycles. The van der Waals surface area contributed by atoms with Crippen LogP contribution in [-0.4, -0.2) is 38.3 Å². The van der Waals surface area contributed by atoms with Gasteiger partial charge in [0, 0.05) is 19.0 Å². The Bertz CT molecular complexity index is 1200. The maximum absolute atomic E-state index is 12.9. The Morgan fingerprint density at radius 1 is 0.853 bits per heavy atom. The lowest BCUT2D eigenvalue weighted by Gasteiger charge is -2.18. The van der Waals surface area contributed by atoms with Gasteiger partial charge in [-0.3, -0.25) is 9.59 Å². The summed E-state index contributed by atoms with van der Waals surface area (Å²) >= 11 is 0. The Hall–Kier alpha value is -4.46. The summed E-state index contributed by atoms with van der Waals surface area (Å²) in [6.07, 6.45) is 2.85. The first-order valence-electron chi connectivity index (χ1n) is 10.6. The van der Waals surface area contributed by atoms with E-state index in [0.717, 1.165) is 11.1 Å². The lowest BCUT2D eigenvalue weighted by atomic mass is 10.0. The third-order valence-corrected chi connectivity index (χ3v) is 5.18. The van der Waals surface area contributed by atoms with Crippen molar-refractivity contribution in [2.24, 2.45) is 0 Å². The van der Waals surface area contributed by atoms with Gasteiger partial charge in [-0.2, -0.15) is 0 Å². The second-order valence-corrected chi connectivity index (χ2v) is 7.85. The Kier molecular flexibility index (Phi) is 7.76. The van der Waals surface area contributed by atoms with Crippen LogP contribution in [0.2, 0.25) is 0 Å². The Balaban J connectivity index is 1.70. The van der Waals surface area contributed by atoms with Crippen molar-refractivity contribution in [1.29, 1.82) is 0 Å². The van der Waals surface area contributed by atoms with Crippen LogP contribution in [0, 0.1) is 6.92 Å². The zero-order valence-corrected chi connectivity index (χ0v) is 18.5. The zero-order valence-electron chi connectivity index (χ0n) is 18.5. The molecule has 0 bridgehead atoms. The van der Waals surface area contributed by atoms with Crippen molar-refractivity contribution < 1.29 is 30.0 Å². The average molecular weight is 463 g/mol. The molecule has 0 aliphatic carbocycles. The minimum atomic E-state index is -0.908. The van der Waals surface area contributed by atoms with Crippen LogP contribution in [0.3, 0.4) is 0 Å². The topological polar surface area (TPSA) is 139 Å². The summed E-state index contributed by atoms with van der Waals surface area (Å²) in [5.41, 5.74) is 2.65. The second kappa shape index (κ2) is 10.9. The molecule has 34 heavy (non-hydrogen) atoms. The molecule has 3 aromatic carbocycles. The van der Waals surface area contributed by atoms with Gasteiger partial charge in [-0.25, -0.2) is 0 Å². The van der Waals surface area contributed by atoms with Crippen LogP contribution in [0.1, 0.15) is 22.3 Å². The van der Waals surface area contributed by atoms with E-state index in [-0.39, 0.29) is 36.0 Å². The molecule has 0 unspecified atom stereocenters. The summed E-state index contributed by atoms with van der Waals surface area (Å²) in [5.74, 6) is -1.31. The van der Waals surface area contributed by atoms with E-state index in [1.165, 1.54) is 42.5 Å². The lowest BCUT2D eigenvalue weighted by molar-refractivity contribution is -0.127. The van der Waals surface area contributed by atoms with Crippen molar-refractivity contribution in [2.45, 2.75) is 25.9 Å². The van der Waals surface area contributed by atoms with E-state index in [1.807, 2.05) is 0 Å². The van der Waals surface area contributed by atoms with Crippen molar-refractivity contribution in [1.82, 2.24) is 10.6 Å². The normalized spacial score (nSPS) is 11.8. The number of nitrogens with one attached hydrogen (secondary N) is 2. The summed E-state index contributed by atoms with van der Waals surface area (Å²) in [5, 5.41) is 43.8. The fourth-order valence-corrected chi connectivity index (χ4v) is 3.19. The quantitative estimate of drug-likeness (QED) is 0.225. The van der Waals surface area contributed by atoms with E-state index in [0.29, 0.717) is 11.1 Å². The molecular formula is C26H26N2O6. The fraction of sp³-hybridized carbons (Fsp3) is 0.154. The monoisotopic (exact) mass is 462 g/mol. The number of carbonyl (C=O) groups excluding carboxylic acids is 2. The zero-order chi connectivity index (χ0) is 24.7. The molecule has 0 heterocycles. The molecular weight excluding hydrogens is 436 g/mol. The van der Waals surface area contributed by atoms with E-state index in [9.17, 15) is 30.0 Å². The highest BCUT2D eigenvalue weighted by Gasteiger charge is 2.20. The highest BCUT2D eigenvalue weighted by molar-refractivity contribution is 5.95. The molecule has 8 heteroatoms. The van der Waals surface area contributed by atoms with Crippen LogP contribution in [0.15, 0.2) is 66.7 Å². The molecule has 1 atom stereocenters. The van der Waals surface area contributed by atoms with Gasteiger partial charge in [0.15, 0.2) is 11.5 Å². The first kappa shape index (κ1) is 24.2. The van der Waals surface area contributed by atoms with Crippen LogP contribution >= 0.6 is 0 Å². The molecule has 3 aromatic rings. The van der Waals surface area contributed by atoms with E-state index in [2.05, 4.69) is 10.6 Å². The summed E-state index contributed by atoms with van der Waals surface area (Å²) in [4.78, 5) is 25.4. The molecule has 0 radical (unpaired) electrons. The number of phenolic OH excluding ortho intramolecular Hbond substituents is 4. The summed E-state index contributed by atoms with van der Waals surface area (Å²) < 4.78 is 0. The first-order valence-corrected chi connectivity index (χ1v) is 10.6. The molecule has 3 rings (SSSR count). The van der Waals surface area contributed by atoms with Gasteiger partial charge < -0.3 is 31.1 Å².